The van der Waals surface area contributed by atoms with Crippen LogP contribution in [0.25, 0.3) is 0 Å². The molecular formula is C9H18N2O5S. The summed E-state index contributed by atoms with van der Waals surface area (Å²) in [5.41, 5.74) is 0. The fourth-order valence-corrected chi connectivity index (χ4v) is 3.02. The van der Waals surface area contributed by atoms with Crippen molar-refractivity contribution in [1.29, 1.82) is 0 Å². The summed E-state index contributed by atoms with van der Waals surface area (Å²) in [6.07, 6.45) is -0.766. The fourth-order valence-electron chi connectivity index (χ4n) is 1.60. The molecule has 1 aliphatic rings. The number of nitrogens with one attached hydrogen (secondary N) is 1. The topological polar surface area (TPSA) is 95.9 Å². The number of carboxylic acid groups (broad SMARTS) is 1. The van der Waals surface area contributed by atoms with Crippen molar-refractivity contribution in [2.45, 2.75) is 32.4 Å². The van der Waals surface area contributed by atoms with Crippen molar-refractivity contribution in [3.63, 3.8) is 0 Å². The van der Waals surface area contributed by atoms with Crippen LogP contribution in [0.15, 0.2) is 0 Å². The maximum Gasteiger partial charge on any atom is 0.306 e. The van der Waals surface area contributed by atoms with Gasteiger partial charge in [0.25, 0.3) is 10.2 Å². The quantitative estimate of drug-likeness (QED) is 0.693. The van der Waals surface area contributed by atoms with Crippen LogP contribution in [0, 0.1) is 0 Å². The summed E-state index contributed by atoms with van der Waals surface area (Å²) in [5, 5.41) is 8.64. The zero-order valence-electron chi connectivity index (χ0n) is 9.92. The molecule has 0 aromatic rings. The molecule has 0 saturated carbocycles. The van der Waals surface area contributed by atoms with Crippen molar-refractivity contribution in [1.82, 2.24) is 9.03 Å². The van der Waals surface area contributed by atoms with Gasteiger partial charge < -0.3 is 9.84 Å². The molecule has 7 nitrogen and oxygen atoms in total. The Balaban J connectivity index is 2.63. The zero-order valence-corrected chi connectivity index (χ0v) is 10.7. The van der Waals surface area contributed by atoms with E-state index < -0.39 is 22.3 Å². The van der Waals surface area contributed by atoms with E-state index in [2.05, 4.69) is 4.72 Å². The minimum absolute atomic E-state index is 0.0777. The van der Waals surface area contributed by atoms with Crippen molar-refractivity contribution in [2.75, 3.05) is 19.7 Å². The van der Waals surface area contributed by atoms with Gasteiger partial charge in [-0.2, -0.15) is 17.4 Å². The number of carboxylic acids is 1. The second-order valence-electron chi connectivity index (χ2n) is 4.23. The van der Waals surface area contributed by atoms with Gasteiger partial charge in [-0.05, 0) is 13.8 Å². The van der Waals surface area contributed by atoms with E-state index in [1.807, 2.05) is 0 Å². The lowest BCUT2D eigenvalue weighted by molar-refractivity contribution is -0.141. The number of morpholine rings is 1. The zero-order chi connectivity index (χ0) is 13.1. The molecule has 1 fully saturated rings. The number of hydrogen-bond acceptors (Lipinski definition) is 4. The van der Waals surface area contributed by atoms with Crippen molar-refractivity contribution < 1.29 is 23.1 Å². The van der Waals surface area contributed by atoms with Gasteiger partial charge in [0.2, 0.25) is 0 Å². The molecule has 1 heterocycles. The predicted molar refractivity (Wildman–Crippen MR) is 60.8 cm³/mol. The number of ether oxygens (including phenoxy) is 1. The first-order chi connectivity index (χ1) is 7.81. The molecule has 0 aromatic heterocycles. The SMILES string of the molecule is CC(C)NS(=O)(=O)N1CCOC(CC(=O)O)C1. The summed E-state index contributed by atoms with van der Waals surface area (Å²) in [6.45, 7) is 4.00. The minimum Gasteiger partial charge on any atom is -0.481 e. The second-order valence-corrected chi connectivity index (χ2v) is 5.93. The highest BCUT2D eigenvalue weighted by molar-refractivity contribution is 7.87. The highest BCUT2D eigenvalue weighted by Gasteiger charge is 2.30. The molecule has 0 bridgehead atoms. The molecule has 8 heteroatoms. The monoisotopic (exact) mass is 266 g/mol. The van der Waals surface area contributed by atoms with Crippen LogP contribution in [-0.2, 0) is 19.7 Å². The van der Waals surface area contributed by atoms with E-state index in [0.29, 0.717) is 0 Å². The van der Waals surface area contributed by atoms with Gasteiger partial charge in [0.1, 0.15) is 0 Å². The molecule has 1 rings (SSSR count). The van der Waals surface area contributed by atoms with E-state index >= 15 is 0 Å². The van der Waals surface area contributed by atoms with E-state index in [9.17, 15) is 13.2 Å². The van der Waals surface area contributed by atoms with Gasteiger partial charge in [-0.15, -0.1) is 0 Å². The molecule has 100 valence electrons. The maximum atomic E-state index is 11.8. The van der Waals surface area contributed by atoms with Crippen LogP contribution >= 0.6 is 0 Å². The molecule has 0 radical (unpaired) electrons. The Hall–Kier alpha value is -0.700. The summed E-state index contributed by atoms with van der Waals surface area (Å²) in [4.78, 5) is 10.5. The number of nitrogens with zero attached hydrogens (tertiary/aromatic N) is 1. The average Bonchev–Trinajstić information content (AvgIpc) is 2.15. The smallest absolute Gasteiger partial charge is 0.306 e. The third-order valence-electron chi connectivity index (χ3n) is 2.23. The normalized spacial score (nSPS) is 22.9. The van der Waals surface area contributed by atoms with Gasteiger partial charge >= 0.3 is 5.97 Å². The first-order valence-electron chi connectivity index (χ1n) is 5.42. The van der Waals surface area contributed by atoms with Crippen molar-refractivity contribution in [2.24, 2.45) is 0 Å². The first-order valence-corrected chi connectivity index (χ1v) is 6.86. The van der Waals surface area contributed by atoms with E-state index in [1.54, 1.807) is 13.8 Å². The molecular weight excluding hydrogens is 248 g/mol. The van der Waals surface area contributed by atoms with Gasteiger partial charge in [0.05, 0.1) is 19.1 Å². The molecule has 2 N–H and O–H groups in total. The van der Waals surface area contributed by atoms with Crippen LogP contribution < -0.4 is 4.72 Å². The number of rotatable bonds is 5. The summed E-state index contributed by atoms with van der Waals surface area (Å²) < 4.78 is 32.6. The van der Waals surface area contributed by atoms with Crippen LogP contribution in [0.5, 0.6) is 0 Å². The van der Waals surface area contributed by atoms with Crippen LogP contribution in [0.1, 0.15) is 20.3 Å². The third-order valence-corrected chi connectivity index (χ3v) is 4.01. The molecule has 0 spiro atoms. The Morgan fingerprint density at radius 2 is 2.24 bits per heavy atom. The molecule has 0 amide bonds. The molecule has 17 heavy (non-hydrogen) atoms. The van der Waals surface area contributed by atoms with Gasteiger partial charge in [-0.25, -0.2) is 0 Å². The van der Waals surface area contributed by atoms with Crippen molar-refractivity contribution >= 4 is 16.2 Å². The third kappa shape index (κ3) is 4.58. The molecule has 1 aliphatic heterocycles. The second kappa shape index (κ2) is 5.76. The molecule has 0 aliphatic carbocycles. The largest absolute Gasteiger partial charge is 0.481 e. The Morgan fingerprint density at radius 3 is 2.76 bits per heavy atom. The summed E-state index contributed by atoms with van der Waals surface area (Å²) in [7, 11) is -3.54. The number of aliphatic carboxylic acids is 1. The lowest BCUT2D eigenvalue weighted by Crippen LogP contribution is -2.51. The number of carbonyl (C=O) groups is 1. The van der Waals surface area contributed by atoms with Gasteiger partial charge in [0, 0.05) is 19.1 Å². The highest BCUT2D eigenvalue weighted by Crippen LogP contribution is 2.12. The van der Waals surface area contributed by atoms with Gasteiger partial charge in [0.15, 0.2) is 0 Å². The molecule has 0 aromatic carbocycles. The number of hydrogen-bond donors (Lipinski definition) is 2. The highest BCUT2D eigenvalue weighted by atomic mass is 32.2. The molecule has 1 unspecified atom stereocenters. The van der Waals surface area contributed by atoms with Crippen LogP contribution in [-0.4, -0.2) is 55.6 Å². The van der Waals surface area contributed by atoms with Crippen LogP contribution in [0.2, 0.25) is 0 Å². The van der Waals surface area contributed by atoms with E-state index in [-0.39, 0.29) is 32.2 Å². The summed E-state index contributed by atoms with van der Waals surface area (Å²) >= 11 is 0. The maximum absolute atomic E-state index is 11.8. The standard InChI is InChI=1S/C9H18N2O5S/c1-7(2)10-17(14,15)11-3-4-16-8(6-11)5-9(12)13/h7-8,10H,3-6H2,1-2H3,(H,12,13). The Labute approximate surface area is 101 Å². The summed E-state index contributed by atoms with van der Waals surface area (Å²) in [5.74, 6) is -0.994. The van der Waals surface area contributed by atoms with Gasteiger partial charge in [-0.3, -0.25) is 4.79 Å². The molecule has 1 saturated heterocycles. The van der Waals surface area contributed by atoms with Crippen LogP contribution in [0.4, 0.5) is 0 Å². The van der Waals surface area contributed by atoms with Crippen molar-refractivity contribution in [3.05, 3.63) is 0 Å². The lowest BCUT2D eigenvalue weighted by Gasteiger charge is -2.31. The van der Waals surface area contributed by atoms with Gasteiger partial charge in [-0.1, -0.05) is 0 Å². The lowest BCUT2D eigenvalue weighted by atomic mass is 10.2. The van der Waals surface area contributed by atoms with Crippen molar-refractivity contribution in [3.8, 4) is 0 Å². The average molecular weight is 266 g/mol. The fraction of sp³-hybridized carbons (Fsp3) is 0.889. The minimum atomic E-state index is -3.54. The van der Waals surface area contributed by atoms with E-state index in [0.717, 1.165) is 0 Å². The Kier molecular flexibility index (Phi) is 4.87. The Bertz CT molecular complexity index is 368. The Morgan fingerprint density at radius 1 is 1.59 bits per heavy atom. The predicted octanol–water partition coefficient (Wildman–Crippen LogP) is -0.595. The molecule has 1 atom stereocenters. The first kappa shape index (κ1) is 14.4. The van der Waals surface area contributed by atoms with E-state index in [4.69, 9.17) is 9.84 Å². The summed E-state index contributed by atoms with van der Waals surface area (Å²) in [6, 6.07) is -0.194. The van der Waals surface area contributed by atoms with E-state index in [1.165, 1.54) is 4.31 Å². The van der Waals surface area contributed by atoms with Crippen LogP contribution in [0.3, 0.4) is 0 Å².